The van der Waals surface area contributed by atoms with Gasteiger partial charge in [-0.05, 0) is 25.8 Å². The third-order valence-electron chi connectivity index (χ3n) is 1.91. The van der Waals surface area contributed by atoms with E-state index in [0.717, 1.165) is 12.8 Å². The first-order valence-corrected chi connectivity index (χ1v) is 3.66. The number of rotatable bonds is 2. The summed E-state index contributed by atoms with van der Waals surface area (Å²) in [6.07, 6.45) is 5.18. The van der Waals surface area contributed by atoms with Crippen molar-refractivity contribution in [3.8, 4) is 0 Å². The average Bonchev–Trinajstić information content (AvgIpc) is 1.82. The standard InChI is InChI=1S/C8H13NO/c1-2-3-8(10)6-4-7(9)5-6/h2-3,6-7H,4-5,9H2,1H3/b3-2+. The lowest BCUT2D eigenvalue weighted by atomic mass is 9.78. The van der Waals surface area contributed by atoms with Crippen molar-refractivity contribution in [1.29, 1.82) is 0 Å². The molecule has 1 aliphatic rings. The molecule has 0 spiro atoms. The largest absolute Gasteiger partial charge is 0.328 e. The number of allylic oxidation sites excluding steroid dienone is 2. The van der Waals surface area contributed by atoms with Crippen LogP contribution in [0.2, 0.25) is 0 Å². The Morgan fingerprint density at radius 2 is 2.20 bits per heavy atom. The Hall–Kier alpha value is -0.630. The molecule has 2 nitrogen and oxygen atoms in total. The minimum absolute atomic E-state index is 0.228. The zero-order valence-corrected chi connectivity index (χ0v) is 6.21. The minimum atomic E-state index is 0.228. The van der Waals surface area contributed by atoms with Crippen LogP contribution < -0.4 is 5.73 Å². The van der Waals surface area contributed by atoms with Crippen LogP contribution in [0.4, 0.5) is 0 Å². The molecule has 2 heteroatoms. The summed E-state index contributed by atoms with van der Waals surface area (Å²) < 4.78 is 0. The van der Waals surface area contributed by atoms with E-state index in [4.69, 9.17) is 5.73 Å². The molecule has 1 rings (SSSR count). The molecular weight excluding hydrogens is 126 g/mol. The normalized spacial score (nSPS) is 32.2. The van der Waals surface area contributed by atoms with E-state index in [1.54, 1.807) is 12.2 Å². The van der Waals surface area contributed by atoms with Crippen LogP contribution in [0.15, 0.2) is 12.2 Å². The van der Waals surface area contributed by atoms with E-state index in [1.165, 1.54) is 0 Å². The number of carbonyl (C=O) groups excluding carboxylic acids is 1. The minimum Gasteiger partial charge on any atom is -0.328 e. The topological polar surface area (TPSA) is 43.1 Å². The van der Waals surface area contributed by atoms with Gasteiger partial charge in [0.25, 0.3) is 0 Å². The fourth-order valence-corrected chi connectivity index (χ4v) is 1.19. The van der Waals surface area contributed by atoms with Crippen molar-refractivity contribution in [1.82, 2.24) is 0 Å². The zero-order chi connectivity index (χ0) is 7.56. The first-order valence-electron chi connectivity index (χ1n) is 3.66. The van der Waals surface area contributed by atoms with Crippen LogP contribution in [0.25, 0.3) is 0 Å². The highest BCUT2D eigenvalue weighted by molar-refractivity contribution is 5.92. The maximum Gasteiger partial charge on any atom is 0.158 e. The maximum absolute atomic E-state index is 11.0. The number of hydrogen-bond acceptors (Lipinski definition) is 2. The lowest BCUT2D eigenvalue weighted by molar-refractivity contribution is -0.120. The number of carbonyl (C=O) groups is 1. The van der Waals surface area contributed by atoms with Crippen molar-refractivity contribution < 1.29 is 4.79 Å². The van der Waals surface area contributed by atoms with Gasteiger partial charge in [-0.15, -0.1) is 0 Å². The molecule has 0 atom stereocenters. The molecule has 1 fully saturated rings. The van der Waals surface area contributed by atoms with E-state index >= 15 is 0 Å². The van der Waals surface area contributed by atoms with E-state index < -0.39 is 0 Å². The molecule has 0 aliphatic heterocycles. The van der Waals surface area contributed by atoms with Crippen LogP contribution in [0, 0.1) is 5.92 Å². The third-order valence-corrected chi connectivity index (χ3v) is 1.91. The Balaban J connectivity index is 2.31. The van der Waals surface area contributed by atoms with Crippen LogP contribution in [0.3, 0.4) is 0 Å². The van der Waals surface area contributed by atoms with E-state index in [9.17, 15) is 4.79 Å². The molecule has 0 amide bonds. The average molecular weight is 139 g/mol. The molecule has 0 unspecified atom stereocenters. The molecule has 56 valence electrons. The van der Waals surface area contributed by atoms with Crippen LogP contribution in [0.1, 0.15) is 19.8 Å². The Labute approximate surface area is 61.1 Å². The van der Waals surface area contributed by atoms with Crippen LogP contribution in [-0.2, 0) is 4.79 Å². The second kappa shape index (κ2) is 2.97. The fourth-order valence-electron chi connectivity index (χ4n) is 1.19. The molecule has 0 heterocycles. The third kappa shape index (κ3) is 1.45. The molecular formula is C8H13NO. The van der Waals surface area contributed by atoms with Crippen molar-refractivity contribution in [3.05, 3.63) is 12.2 Å². The van der Waals surface area contributed by atoms with Crippen molar-refractivity contribution in [2.75, 3.05) is 0 Å². The van der Waals surface area contributed by atoms with Gasteiger partial charge in [-0.3, -0.25) is 4.79 Å². The second-order valence-corrected chi connectivity index (χ2v) is 2.83. The molecule has 0 aromatic carbocycles. The summed E-state index contributed by atoms with van der Waals surface area (Å²) >= 11 is 0. The quantitative estimate of drug-likeness (QED) is 0.577. The number of nitrogens with two attached hydrogens (primary N) is 1. The highest BCUT2D eigenvalue weighted by Crippen LogP contribution is 2.26. The van der Waals surface area contributed by atoms with Gasteiger partial charge in [-0.2, -0.15) is 0 Å². The summed E-state index contributed by atoms with van der Waals surface area (Å²) in [5.74, 6) is 0.468. The molecule has 10 heavy (non-hydrogen) atoms. The maximum atomic E-state index is 11.0. The van der Waals surface area contributed by atoms with Gasteiger partial charge in [0.1, 0.15) is 0 Å². The summed E-state index contributed by atoms with van der Waals surface area (Å²) in [6.45, 7) is 1.86. The molecule has 0 saturated heterocycles. The molecule has 1 saturated carbocycles. The molecule has 0 bridgehead atoms. The smallest absolute Gasteiger partial charge is 0.158 e. The Kier molecular flexibility index (Phi) is 2.22. The molecule has 0 aromatic heterocycles. The fraction of sp³-hybridized carbons (Fsp3) is 0.625. The Morgan fingerprint density at radius 3 is 2.60 bits per heavy atom. The van der Waals surface area contributed by atoms with E-state index in [2.05, 4.69) is 0 Å². The van der Waals surface area contributed by atoms with Crippen LogP contribution >= 0.6 is 0 Å². The highest BCUT2D eigenvalue weighted by Gasteiger charge is 2.29. The summed E-state index contributed by atoms with van der Waals surface area (Å²) in [5.41, 5.74) is 5.53. The summed E-state index contributed by atoms with van der Waals surface area (Å²) in [6, 6.07) is 0.277. The van der Waals surface area contributed by atoms with Gasteiger partial charge in [-0.1, -0.05) is 6.08 Å². The lowest BCUT2D eigenvalue weighted by Gasteiger charge is -2.30. The van der Waals surface area contributed by atoms with Crippen molar-refractivity contribution in [3.63, 3.8) is 0 Å². The Bertz CT molecular complexity index is 157. The van der Waals surface area contributed by atoms with Gasteiger partial charge in [-0.25, -0.2) is 0 Å². The monoisotopic (exact) mass is 139 g/mol. The van der Waals surface area contributed by atoms with E-state index in [1.807, 2.05) is 6.92 Å². The number of ketones is 1. The Morgan fingerprint density at radius 1 is 1.60 bits per heavy atom. The van der Waals surface area contributed by atoms with Gasteiger partial charge in [0.2, 0.25) is 0 Å². The number of hydrogen-bond donors (Lipinski definition) is 1. The van der Waals surface area contributed by atoms with Crippen molar-refractivity contribution in [2.45, 2.75) is 25.8 Å². The van der Waals surface area contributed by atoms with E-state index in [-0.39, 0.29) is 17.7 Å². The SMILES string of the molecule is C/C=C/C(=O)C1CC(N)C1. The van der Waals surface area contributed by atoms with Crippen LogP contribution in [0.5, 0.6) is 0 Å². The predicted molar refractivity (Wildman–Crippen MR) is 40.5 cm³/mol. The second-order valence-electron chi connectivity index (χ2n) is 2.83. The van der Waals surface area contributed by atoms with Crippen molar-refractivity contribution >= 4 is 5.78 Å². The van der Waals surface area contributed by atoms with Gasteiger partial charge >= 0.3 is 0 Å². The highest BCUT2D eigenvalue weighted by atomic mass is 16.1. The van der Waals surface area contributed by atoms with Crippen LogP contribution in [-0.4, -0.2) is 11.8 Å². The lowest BCUT2D eigenvalue weighted by Crippen LogP contribution is -2.39. The van der Waals surface area contributed by atoms with Crippen molar-refractivity contribution in [2.24, 2.45) is 11.7 Å². The summed E-state index contributed by atoms with van der Waals surface area (Å²) in [5, 5.41) is 0. The van der Waals surface area contributed by atoms with Gasteiger partial charge in [0.15, 0.2) is 5.78 Å². The zero-order valence-electron chi connectivity index (χ0n) is 6.21. The van der Waals surface area contributed by atoms with Gasteiger partial charge in [0.05, 0.1) is 0 Å². The van der Waals surface area contributed by atoms with Gasteiger partial charge < -0.3 is 5.73 Å². The molecule has 1 aliphatic carbocycles. The van der Waals surface area contributed by atoms with E-state index in [0.29, 0.717) is 0 Å². The molecule has 2 N–H and O–H groups in total. The molecule has 0 radical (unpaired) electrons. The first-order chi connectivity index (χ1) is 4.74. The predicted octanol–water partition coefficient (Wildman–Crippen LogP) is 0.869. The summed E-state index contributed by atoms with van der Waals surface area (Å²) in [4.78, 5) is 11.0. The van der Waals surface area contributed by atoms with Gasteiger partial charge in [0, 0.05) is 12.0 Å². The first kappa shape index (κ1) is 7.48. The summed E-state index contributed by atoms with van der Waals surface area (Å²) in [7, 11) is 0. The molecule has 0 aromatic rings.